The highest BCUT2D eigenvalue weighted by Gasteiger charge is 2.36. The Morgan fingerprint density at radius 1 is 1.31 bits per heavy atom. The molecular formula is C14H18O2. The van der Waals surface area contributed by atoms with Gasteiger partial charge in [-0.3, -0.25) is 4.79 Å². The molecule has 1 heterocycles. The summed E-state index contributed by atoms with van der Waals surface area (Å²) in [6.07, 6.45) is 3.18. The van der Waals surface area contributed by atoms with Crippen LogP contribution in [0.3, 0.4) is 0 Å². The fourth-order valence-corrected chi connectivity index (χ4v) is 2.33. The SMILES string of the molecule is CCCC[C@H]1C(=O)OC[C@@H]1c1ccccc1. The average molecular weight is 218 g/mol. The van der Waals surface area contributed by atoms with E-state index in [9.17, 15) is 4.79 Å². The smallest absolute Gasteiger partial charge is 0.309 e. The zero-order chi connectivity index (χ0) is 11.4. The van der Waals surface area contributed by atoms with Crippen LogP contribution in [0.2, 0.25) is 0 Å². The molecule has 16 heavy (non-hydrogen) atoms. The number of esters is 1. The first-order valence-corrected chi connectivity index (χ1v) is 6.04. The zero-order valence-electron chi connectivity index (χ0n) is 9.69. The minimum Gasteiger partial charge on any atom is -0.465 e. The third-order valence-corrected chi connectivity index (χ3v) is 3.29. The predicted octanol–water partition coefficient (Wildman–Crippen LogP) is 3.13. The summed E-state index contributed by atoms with van der Waals surface area (Å²) in [5.74, 6) is 0.324. The van der Waals surface area contributed by atoms with E-state index in [1.807, 2.05) is 18.2 Å². The van der Waals surface area contributed by atoms with Gasteiger partial charge in [-0.25, -0.2) is 0 Å². The van der Waals surface area contributed by atoms with E-state index >= 15 is 0 Å². The number of benzene rings is 1. The van der Waals surface area contributed by atoms with Gasteiger partial charge in [-0.1, -0.05) is 50.1 Å². The normalized spacial score (nSPS) is 24.4. The van der Waals surface area contributed by atoms with Gasteiger partial charge in [0.1, 0.15) is 0 Å². The van der Waals surface area contributed by atoms with E-state index in [1.54, 1.807) is 0 Å². The fourth-order valence-electron chi connectivity index (χ4n) is 2.33. The lowest BCUT2D eigenvalue weighted by molar-refractivity contribution is -0.141. The number of rotatable bonds is 4. The van der Waals surface area contributed by atoms with Gasteiger partial charge in [0.05, 0.1) is 12.5 Å². The van der Waals surface area contributed by atoms with Crippen molar-refractivity contribution in [1.82, 2.24) is 0 Å². The summed E-state index contributed by atoms with van der Waals surface area (Å²) >= 11 is 0. The van der Waals surface area contributed by atoms with Gasteiger partial charge in [0.15, 0.2) is 0 Å². The lowest BCUT2D eigenvalue weighted by Gasteiger charge is -2.14. The number of cyclic esters (lactones) is 1. The van der Waals surface area contributed by atoms with Crippen molar-refractivity contribution in [2.75, 3.05) is 6.61 Å². The Morgan fingerprint density at radius 2 is 2.06 bits per heavy atom. The second kappa shape index (κ2) is 5.15. The molecular weight excluding hydrogens is 200 g/mol. The van der Waals surface area contributed by atoms with Gasteiger partial charge in [-0.05, 0) is 12.0 Å². The van der Waals surface area contributed by atoms with Crippen molar-refractivity contribution in [1.29, 1.82) is 0 Å². The van der Waals surface area contributed by atoms with Gasteiger partial charge >= 0.3 is 5.97 Å². The maximum Gasteiger partial charge on any atom is 0.309 e. The molecule has 0 saturated carbocycles. The number of carbonyl (C=O) groups is 1. The second-order valence-corrected chi connectivity index (χ2v) is 4.40. The molecule has 2 heteroatoms. The van der Waals surface area contributed by atoms with Gasteiger partial charge in [0.2, 0.25) is 0 Å². The minimum absolute atomic E-state index is 0.0118. The van der Waals surface area contributed by atoms with E-state index < -0.39 is 0 Å². The molecule has 0 unspecified atom stereocenters. The molecule has 1 fully saturated rings. The molecule has 0 radical (unpaired) electrons. The summed E-state index contributed by atoms with van der Waals surface area (Å²) < 4.78 is 5.19. The molecule has 86 valence electrons. The van der Waals surface area contributed by atoms with E-state index in [0.29, 0.717) is 6.61 Å². The summed E-state index contributed by atoms with van der Waals surface area (Å²) in [4.78, 5) is 11.6. The number of carbonyl (C=O) groups excluding carboxylic acids is 1. The zero-order valence-corrected chi connectivity index (χ0v) is 9.69. The second-order valence-electron chi connectivity index (χ2n) is 4.40. The van der Waals surface area contributed by atoms with Gasteiger partial charge in [-0.2, -0.15) is 0 Å². The van der Waals surface area contributed by atoms with Gasteiger partial charge in [-0.15, -0.1) is 0 Å². The predicted molar refractivity (Wildman–Crippen MR) is 63.2 cm³/mol. The number of unbranched alkanes of at least 4 members (excludes halogenated alkanes) is 1. The van der Waals surface area contributed by atoms with Crippen molar-refractivity contribution in [3.8, 4) is 0 Å². The van der Waals surface area contributed by atoms with Crippen LogP contribution in [0.25, 0.3) is 0 Å². The van der Waals surface area contributed by atoms with E-state index in [2.05, 4.69) is 19.1 Å². The molecule has 0 N–H and O–H groups in total. The van der Waals surface area contributed by atoms with Crippen LogP contribution in [0.1, 0.15) is 37.7 Å². The highest BCUT2D eigenvalue weighted by atomic mass is 16.5. The Balaban J connectivity index is 2.11. The first-order valence-electron chi connectivity index (χ1n) is 6.04. The maximum absolute atomic E-state index is 11.6. The van der Waals surface area contributed by atoms with Crippen molar-refractivity contribution >= 4 is 5.97 Å². The Kier molecular flexibility index (Phi) is 3.60. The number of hydrogen-bond acceptors (Lipinski definition) is 2. The molecule has 1 aliphatic rings. The van der Waals surface area contributed by atoms with E-state index in [-0.39, 0.29) is 17.8 Å². The van der Waals surface area contributed by atoms with Crippen LogP contribution in [-0.4, -0.2) is 12.6 Å². The molecule has 1 saturated heterocycles. The molecule has 1 aromatic carbocycles. The van der Waals surface area contributed by atoms with Crippen molar-refractivity contribution in [3.05, 3.63) is 35.9 Å². The summed E-state index contributed by atoms with van der Waals surface area (Å²) in [5.41, 5.74) is 1.23. The highest BCUT2D eigenvalue weighted by Crippen LogP contribution is 2.34. The summed E-state index contributed by atoms with van der Waals surface area (Å²) in [6.45, 7) is 2.70. The maximum atomic E-state index is 11.6. The Bertz CT molecular complexity index is 345. The Labute approximate surface area is 96.6 Å². The third-order valence-electron chi connectivity index (χ3n) is 3.29. The van der Waals surface area contributed by atoms with E-state index in [0.717, 1.165) is 19.3 Å². The summed E-state index contributed by atoms with van der Waals surface area (Å²) in [5, 5.41) is 0. The van der Waals surface area contributed by atoms with Crippen molar-refractivity contribution in [3.63, 3.8) is 0 Å². The van der Waals surface area contributed by atoms with Gasteiger partial charge in [0, 0.05) is 5.92 Å². The van der Waals surface area contributed by atoms with E-state index in [4.69, 9.17) is 4.74 Å². The Morgan fingerprint density at radius 3 is 2.75 bits per heavy atom. The largest absolute Gasteiger partial charge is 0.465 e. The fraction of sp³-hybridized carbons (Fsp3) is 0.500. The van der Waals surface area contributed by atoms with Crippen LogP contribution < -0.4 is 0 Å². The lowest BCUT2D eigenvalue weighted by Crippen LogP contribution is -2.14. The minimum atomic E-state index is -0.0118. The first kappa shape index (κ1) is 11.2. The summed E-state index contributed by atoms with van der Waals surface area (Å²) in [6, 6.07) is 10.2. The van der Waals surface area contributed by atoms with Crippen LogP contribution in [0.4, 0.5) is 0 Å². The molecule has 0 spiro atoms. The van der Waals surface area contributed by atoms with Crippen molar-refractivity contribution in [2.24, 2.45) is 5.92 Å². The molecule has 0 bridgehead atoms. The van der Waals surface area contributed by atoms with Crippen LogP contribution in [0, 0.1) is 5.92 Å². The van der Waals surface area contributed by atoms with Crippen LogP contribution >= 0.6 is 0 Å². The van der Waals surface area contributed by atoms with Crippen LogP contribution in [0.5, 0.6) is 0 Å². The first-order chi connectivity index (χ1) is 7.83. The van der Waals surface area contributed by atoms with Gasteiger partial charge in [0.25, 0.3) is 0 Å². The standard InChI is InChI=1S/C14H18O2/c1-2-3-9-12-13(10-16-14(12)15)11-7-5-4-6-8-11/h4-8,12-13H,2-3,9-10H2,1H3/t12-,13-/m1/s1. The summed E-state index contributed by atoms with van der Waals surface area (Å²) in [7, 11) is 0. The topological polar surface area (TPSA) is 26.3 Å². The average Bonchev–Trinajstić information content (AvgIpc) is 2.69. The lowest BCUT2D eigenvalue weighted by atomic mass is 9.85. The highest BCUT2D eigenvalue weighted by molar-refractivity contribution is 5.76. The van der Waals surface area contributed by atoms with Crippen LogP contribution in [-0.2, 0) is 9.53 Å². The number of ether oxygens (including phenoxy) is 1. The molecule has 2 nitrogen and oxygen atoms in total. The molecule has 2 atom stereocenters. The third kappa shape index (κ3) is 2.26. The van der Waals surface area contributed by atoms with Gasteiger partial charge < -0.3 is 4.74 Å². The van der Waals surface area contributed by atoms with E-state index in [1.165, 1.54) is 5.56 Å². The molecule has 2 rings (SSSR count). The van der Waals surface area contributed by atoms with Crippen LogP contribution in [0.15, 0.2) is 30.3 Å². The molecule has 0 aromatic heterocycles. The number of hydrogen-bond donors (Lipinski definition) is 0. The quantitative estimate of drug-likeness (QED) is 0.726. The Hall–Kier alpha value is -1.31. The molecule has 1 aliphatic heterocycles. The monoisotopic (exact) mass is 218 g/mol. The molecule has 1 aromatic rings. The molecule has 0 amide bonds. The van der Waals surface area contributed by atoms with Crippen molar-refractivity contribution < 1.29 is 9.53 Å². The molecule has 0 aliphatic carbocycles. The van der Waals surface area contributed by atoms with Crippen molar-refractivity contribution in [2.45, 2.75) is 32.1 Å².